The van der Waals surface area contributed by atoms with Crippen LogP contribution in [0.1, 0.15) is 28.4 Å². The van der Waals surface area contributed by atoms with Gasteiger partial charge in [-0.1, -0.05) is 6.92 Å². The molecule has 1 rings (SSSR count). The van der Waals surface area contributed by atoms with Gasteiger partial charge in [0.1, 0.15) is 5.75 Å². The lowest BCUT2D eigenvalue weighted by Gasteiger charge is -2.11. The zero-order valence-electron chi connectivity index (χ0n) is 8.69. The van der Waals surface area contributed by atoms with Crippen molar-refractivity contribution in [3.05, 3.63) is 28.8 Å². The van der Waals surface area contributed by atoms with Crippen LogP contribution in [0.15, 0.2) is 12.1 Å². The van der Waals surface area contributed by atoms with Crippen LogP contribution in [-0.4, -0.2) is 21.4 Å². The summed E-state index contributed by atoms with van der Waals surface area (Å²) in [6.07, 6.45) is 0.601. The highest BCUT2D eigenvalue weighted by Crippen LogP contribution is 2.24. The predicted molar refractivity (Wildman–Crippen MR) is 54.4 cm³/mol. The van der Waals surface area contributed by atoms with Gasteiger partial charge in [0, 0.05) is 5.56 Å². The van der Waals surface area contributed by atoms with Crippen molar-refractivity contribution in [2.45, 2.75) is 20.3 Å². The van der Waals surface area contributed by atoms with Crippen LogP contribution >= 0.6 is 0 Å². The quantitative estimate of drug-likeness (QED) is 0.294. The van der Waals surface area contributed by atoms with E-state index < -0.39 is 5.91 Å². The molecule has 5 nitrogen and oxygen atoms in total. The van der Waals surface area contributed by atoms with Crippen LogP contribution in [0.25, 0.3) is 0 Å². The van der Waals surface area contributed by atoms with Crippen molar-refractivity contribution >= 4 is 5.91 Å². The monoisotopic (exact) mass is 210 g/mol. The van der Waals surface area contributed by atoms with Crippen LogP contribution in [0.2, 0.25) is 0 Å². The number of benzene rings is 1. The fourth-order valence-corrected chi connectivity index (χ4v) is 1.38. The van der Waals surface area contributed by atoms with E-state index in [1.165, 1.54) is 12.1 Å². The predicted octanol–water partition coefficient (Wildman–Crippen LogP) is 0.968. The van der Waals surface area contributed by atoms with Crippen molar-refractivity contribution in [1.82, 2.24) is 5.17 Å². The molecule has 0 unspecified atom stereocenters. The topological polar surface area (TPSA) is 86.8 Å². The summed E-state index contributed by atoms with van der Waals surface area (Å²) >= 11 is 0. The van der Waals surface area contributed by atoms with Gasteiger partial charge in [0.05, 0.1) is 0 Å². The van der Waals surface area contributed by atoms with E-state index in [0.29, 0.717) is 17.5 Å². The Bertz CT molecular complexity index is 388. The van der Waals surface area contributed by atoms with Gasteiger partial charge in [0.25, 0.3) is 5.91 Å². The van der Waals surface area contributed by atoms with E-state index in [2.05, 4.69) is 0 Å². The van der Waals surface area contributed by atoms with Gasteiger partial charge in [-0.2, -0.15) is 0 Å². The minimum atomic E-state index is -0.701. The van der Waals surface area contributed by atoms with Crippen LogP contribution in [0.3, 0.4) is 0 Å². The number of aryl methyl sites for hydroxylation is 2. The number of hydrogen-bond acceptors (Lipinski definition) is 4. The Balaban J connectivity index is 3.22. The molecule has 4 N–H and O–H groups in total. The van der Waals surface area contributed by atoms with E-state index in [0.717, 1.165) is 0 Å². The second-order valence-corrected chi connectivity index (χ2v) is 3.30. The first-order chi connectivity index (χ1) is 6.97. The zero-order chi connectivity index (χ0) is 11.6. The van der Waals surface area contributed by atoms with Gasteiger partial charge in [-0.15, -0.1) is 5.17 Å². The Labute approximate surface area is 87.7 Å². The molecule has 0 aliphatic rings. The molecule has 0 fully saturated rings. The Morgan fingerprint density at radius 1 is 1.53 bits per heavy atom. The smallest absolute Gasteiger partial charge is 0.292 e. The fourth-order valence-electron chi connectivity index (χ4n) is 1.38. The maximum Gasteiger partial charge on any atom is 0.292 e. The largest absolute Gasteiger partial charge is 0.507 e. The number of rotatable bonds is 2. The highest BCUT2D eigenvalue weighted by molar-refractivity contribution is 5.93. The first-order valence-electron chi connectivity index (χ1n) is 4.57. The molecule has 15 heavy (non-hydrogen) atoms. The molecule has 0 heterocycles. The maximum atomic E-state index is 11.3. The van der Waals surface area contributed by atoms with E-state index >= 15 is 0 Å². The lowest BCUT2D eigenvalue weighted by Crippen LogP contribution is -2.33. The molecule has 1 amide bonds. The number of hydrazine groups is 1. The molecule has 0 saturated heterocycles. The lowest BCUT2D eigenvalue weighted by molar-refractivity contribution is -0.0595. The summed E-state index contributed by atoms with van der Waals surface area (Å²) in [7, 11) is 0. The summed E-state index contributed by atoms with van der Waals surface area (Å²) in [5.41, 5.74) is 1.49. The molecule has 1 aromatic carbocycles. The summed E-state index contributed by atoms with van der Waals surface area (Å²) in [6.45, 7) is 3.55. The average Bonchev–Trinajstić information content (AvgIpc) is 2.20. The minimum Gasteiger partial charge on any atom is -0.507 e. The molecule has 0 aliphatic heterocycles. The summed E-state index contributed by atoms with van der Waals surface area (Å²) in [6, 6.07) is 2.99. The molecule has 0 aromatic heterocycles. The highest BCUT2D eigenvalue weighted by Gasteiger charge is 2.14. The van der Waals surface area contributed by atoms with Crippen molar-refractivity contribution in [2.24, 2.45) is 5.84 Å². The van der Waals surface area contributed by atoms with Gasteiger partial charge in [-0.3, -0.25) is 10.0 Å². The van der Waals surface area contributed by atoms with Crippen molar-refractivity contribution in [2.75, 3.05) is 0 Å². The number of amides is 1. The standard InChI is InChI=1S/C10H14N2O3/c1-3-7-5-8(10(14)12(11)15)4-6(2)9(7)13/h4-5,13,15H,3,11H2,1-2H3. The van der Waals surface area contributed by atoms with Gasteiger partial charge in [0.15, 0.2) is 0 Å². The second-order valence-electron chi connectivity index (χ2n) is 3.30. The molecular weight excluding hydrogens is 196 g/mol. The van der Waals surface area contributed by atoms with Gasteiger partial charge < -0.3 is 5.11 Å². The van der Waals surface area contributed by atoms with Gasteiger partial charge >= 0.3 is 0 Å². The van der Waals surface area contributed by atoms with Crippen LogP contribution in [-0.2, 0) is 6.42 Å². The fraction of sp³-hybridized carbons (Fsp3) is 0.300. The second kappa shape index (κ2) is 4.29. The third-order valence-electron chi connectivity index (χ3n) is 2.22. The van der Waals surface area contributed by atoms with Crippen LogP contribution in [0.5, 0.6) is 5.75 Å². The van der Waals surface area contributed by atoms with E-state index in [4.69, 9.17) is 11.0 Å². The summed E-state index contributed by atoms with van der Waals surface area (Å²) in [4.78, 5) is 11.3. The van der Waals surface area contributed by atoms with E-state index in [1.54, 1.807) is 6.92 Å². The van der Waals surface area contributed by atoms with Crippen LogP contribution in [0, 0.1) is 6.92 Å². The third-order valence-corrected chi connectivity index (χ3v) is 2.22. The third kappa shape index (κ3) is 2.26. The van der Waals surface area contributed by atoms with Crippen molar-refractivity contribution in [1.29, 1.82) is 0 Å². The summed E-state index contributed by atoms with van der Waals surface area (Å²) in [5.74, 6) is 4.40. The van der Waals surface area contributed by atoms with E-state index in [9.17, 15) is 9.90 Å². The molecule has 82 valence electrons. The highest BCUT2D eigenvalue weighted by atomic mass is 16.5. The van der Waals surface area contributed by atoms with Crippen molar-refractivity contribution < 1.29 is 15.1 Å². The van der Waals surface area contributed by atoms with Crippen molar-refractivity contribution in [3.8, 4) is 5.75 Å². The Kier molecular flexibility index (Phi) is 3.28. The van der Waals surface area contributed by atoms with E-state index in [1.807, 2.05) is 6.92 Å². The van der Waals surface area contributed by atoms with Crippen LogP contribution in [0.4, 0.5) is 0 Å². The molecule has 0 atom stereocenters. The minimum absolute atomic E-state index is 0.0330. The van der Waals surface area contributed by atoms with Gasteiger partial charge in [-0.25, -0.2) is 5.84 Å². The number of carbonyl (C=O) groups excluding carboxylic acids is 1. The Morgan fingerprint density at radius 3 is 2.60 bits per heavy atom. The Hall–Kier alpha value is -1.59. The number of phenolic OH excluding ortho intramolecular Hbond substituents is 1. The molecule has 0 saturated carbocycles. The summed E-state index contributed by atoms with van der Waals surface area (Å²) < 4.78 is 0. The number of carbonyl (C=O) groups is 1. The maximum absolute atomic E-state index is 11.3. The number of nitrogens with two attached hydrogens (primary N) is 1. The lowest BCUT2D eigenvalue weighted by atomic mass is 10.0. The molecule has 0 radical (unpaired) electrons. The molecular formula is C10H14N2O3. The number of hydroxylamine groups is 1. The molecule has 0 aliphatic carbocycles. The Morgan fingerprint density at radius 2 is 2.13 bits per heavy atom. The zero-order valence-corrected chi connectivity index (χ0v) is 8.69. The SMILES string of the molecule is CCc1cc(C(=O)N(N)O)cc(C)c1O. The molecule has 5 heteroatoms. The number of nitrogens with zero attached hydrogens (tertiary/aromatic N) is 1. The van der Waals surface area contributed by atoms with Crippen molar-refractivity contribution in [3.63, 3.8) is 0 Å². The van der Waals surface area contributed by atoms with Crippen LogP contribution < -0.4 is 5.84 Å². The first kappa shape index (κ1) is 11.5. The summed E-state index contributed by atoms with van der Waals surface area (Å²) in [5, 5.41) is 18.5. The normalized spacial score (nSPS) is 10.1. The van der Waals surface area contributed by atoms with Gasteiger partial charge in [0.2, 0.25) is 0 Å². The van der Waals surface area contributed by atoms with E-state index in [-0.39, 0.29) is 16.5 Å². The number of phenols is 1. The number of hydrogen-bond donors (Lipinski definition) is 3. The average molecular weight is 210 g/mol. The molecule has 1 aromatic rings. The first-order valence-corrected chi connectivity index (χ1v) is 4.57. The van der Waals surface area contributed by atoms with Gasteiger partial charge in [-0.05, 0) is 36.6 Å². The number of aromatic hydroxyl groups is 1. The molecule has 0 bridgehead atoms. The molecule has 0 spiro atoms.